The van der Waals surface area contributed by atoms with E-state index in [0.717, 1.165) is 0 Å². The summed E-state index contributed by atoms with van der Waals surface area (Å²) >= 11 is 5.97. The van der Waals surface area contributed by atoms with Crippen molar-refractivity contribution in [3.05, 3.63) is 11.2 Å². The van der Waals surface area contributed by atoms with E-state index in [0.29, 0.717) is 29.8 Å². The molecule has 102 valence electrons. The van der Waals surface area contributed by atoms with Gasteiger partial charge in [0.1, 0.15) is 5.02 Å². The van der Waals surface area contributed by atoms with Crippen LogP contribution in [0.25, 0.3) is 0 Å². The topological polar surface area (TPSA) is 70.1 Å². The summed E-state index contributed by atoms with van der Waals surface area (Å²) in [6.45, 7) is 6.68. The quantitative estimate of drug-likeness (QED) is 0.768. The number of hydrogen-bond acceptors (Lipinski definition) is 5. The van der Waals surface area contributed by atoms with Crippen LogP contribution in [0.15, 0.2) is 6.20 Å². The predicted octanol–water partition coefficient (Wildman–Crippen LogP) is 2.38. The van der Waals surface area contributed by atoms with E-state index in [1.54, 1.807) is 7.05 Å². The number of anilines is 2. The molecule has 0 radical (unpaired) electrons. The fourth-order valence-corrected chi connectivity index (χ4v) is 1.76. The van der Waals surface area contributed by atoms with Gasteiger partial charge >= 0.3 is 0 Å². The number of nitrogens with zero attached hydrogens (tertiary/aromatic N) is 2. The molecular formula is C12H21ClN4O. The van der Waals surface area contributed by atoms with Gasteiger partial charge in [-0.05, 0) is 11.8 Å². The Hall–Kier alpha value is -1.07. The Morgan fingerprint density at radius 1 is 1.44 bits per heavy atom. The van der Waals surface area contributed by atoms with Crippen molar-refractivity contribution in [2.45, 2.75) is 33.3 Å². The van der Waals surface area contributed by atoms with Gasteiger partial charge in [-0.3, -0.25) is 0 Å². The summed E-state index contributed by atoms with van der Waals surface area (Å²) in [5, 5.41) is 16.2. The van der Waals surface area contributed by atoms with Crippen LogP contribution in [0.2, 0.25) is 5.02 Å². The monoisotopic (exact) mass is 272 g/mol. The zero-order valence-corrected chi connectivity index (χ0v) is 12.0. The van der Waals surface area contributed by atoms with Crippen LogP contribution in [0, 0.1) is 5.41 Å². The van der Waals surface area contributed by atoms with Crippen LogP contribution < -0.4 is 10.6 Å². The third kappa shape index (κ3) is 5.06. The lowest BCUT2D eigenvalue weighted by atomic mass is 9.89. The fraction of sp³-hybridized carbons (Fsp3) is 0.667. The highest BCUT2D eigenvalue weighted by molar-refractivity contribution is 6.32. The average molecular weight is 273 g/mol. The molecule has 0 aliphatic rings. The molecule has 0 aliphatic carbocycles. The number of aliphatic hydroxyl groups excluding tert-OH is 1. The van der Waals surface area contributed by atoms with E-state index in [-0.39, 0.29) is 5.41 Å². The molecule has 0 saturated heterocycles. The molecule has 0 bridgehead atoms. The van der Waals surface area contributed by atoms with Gasteiger partial charge < -0.3 is 15.7 Å². The molecule has 0 aromatic carbocycles. The maximum Gasteiger partial charge on any atom is 0.224 e. The molecule has 1 atom stereocenters. The molecule has 1 aromatic rings. The largest absolute Gasteiger partial charge is 0.391 e. The van der Waals surface area contributed by atoms with E-state index in [4.69, 9.17) is 11.6 Å². The van der Waals surface area contributed by atoms with Crippen LogP contribution in [-0.4, -0.2) is 34.8 Å². The lowest BCUT2D eigenvalue weighted by Crippen LogP contribution is -2.25. The third-order valence-electron chi connectivity index (χ3n) is 2.32. The van der Waals surface area contributed by atoms with E-state index in [9.17, 15) is 5.11 Å². The van der Waals surface area contributed by atoms with Crippen LogP contribution in [0.3, 0.4) is 0 Å². The van der Waals surface area contributed by atoms with E-state index in [1.165, 1.54) is 6.20 Å². The van der Waals surface area contributed by atoms with Crippen molar-refractivity contribution in [3.8, 4) is 0 Å². The molecule has 1 rings (SSSR count). The first-order chi connectivity index (χ1) is 8.31. The van der Waals surface area contributed by atoms with E-state index < -0.39 is 6.10 Å². The molecule has 5 nitrogen and oxygen atoms in total. The molecule has 0 aliphatic heterocycles. The molecule has 6 heteroatoms. The first-order valence-corrected chi connectivity index (χ1v) is 6.32. The SMILES string of the molecule is CNc1ncc(Cl)c(NCC(O)CC(C)(C)C)n1. The summed E-state index contributed by atoms with van der Waals surface area (Å²) < 4.78 is 0. The summed E-state index contributed by atoms with van der Waals surface area (Å²) in [5.74, 6) is 1.02. The van der Waals surface area contributed by atoms with Crippen LogP contribution in [0.5, 0.6) is 0 Å². The van der Waals surface area contributed by atoms with Gasteiger partial charge in [0, 0.05) is 13.6 Å². The molecule has 3 N–H and O–H groups in total. The van der Waals surface area contributed by atoms with Crippen LogP contribution in [-0.2, 0) is 0 Å². The molecule has 0 fully saturated rings. The highest BCUT2D eigenvalue weighted by Gasteiger charge is 2.17. The van der Waals surface area contributed by atoms with Gasteiger partial charge in [-0.2, -0.15) is 4.98 Å². The van der Waals surface area contributed by atoms with Crippen LogP contribution >= 0.6 is 11.6 Å². The smallest absolute Gasteiger partial charge is 0.224 e. The van der Waals surface area contributed by atoms with Crippen molar-refractivity contribution in [2.75, 3.05) is 24.2 Å². The molecular weight excluding hydrogens is 252 g/mol. The minimum absolute atomic E-state index is 0.0900. The number of halogens is 1. The number of rotatable bonds is 5. The Morgan fingerprint density at radius 3 is 2.67 bits per heavy atom. The Balaban J connectivity index is 2.57. The summed E-state index contributed by atoms with van der Waals surface area (Å²) in [6.07, 6.45) is 1.80. The normalized spacial score (nSPS) is 13.2. The van der Waals surface area contributed by atoms with Gasteiger partial charge in [0.05, 0.1) is 12.3 Å². The Morgan fingerprint density at radius 2 is 2.11 bits per heavy atom. The number of nitrogens with one attached hydrogen (secondary N) is 2. The van der Waals surface area contributed by atoms with E-state index in [1.807, 2.05) is 0 Å². The van der Waals surface area contributed by atoms with Gasteiger partial charge in [-0.15, -0.1) is 0 Å². The molecule has 1 heterocycles. The first kappa shape index (κ1) is 15.0. The molecule has 0 saturated carbocycles. The first-order valence-electron chi connectivity index (χ1n) is 5.94. The van der Waals surface area contributed by atoms with Crippen molar-refractivity contribution >= 4 is 23.4 Å². The summed E-state index contributed by atoms with van der Waals surface area (Å²) in [6, 6.07) is 0. The van der Waals surface area contributed by atoms with Gasteiger partial charge in [-0.25, -0.2) is 4.98 Å². The highest BCUT2D eigenvalue weighted by Crippen LogP contribution is 2.22. The maximum atomic E-state index is 9.90. The van der Waals surface area contributed by atoms with Gasteiger partial charge in [0.15, 0.2) is 5.82 Å². The summed E-state index contributed by atoms with van der Waals surface area (Å²) in [5.41, 5.74) is 0.0900. The van der Waals surface area contributed by atoms with Crippen molar-refractivity contribution in [3.63, 3.8) is 0 Å². The summed E-state index contributed by atoms with van der Waals surface area (Å²) in [4.78, 5) is 8.17. The third-order valence-corrected chi connectivity index (χ3v) is 2.60. The van der Waals surface area contributed by atoms with Crippen molar-refractivity contribution < 1.29 is 5.11 Å². The van der Waals surface area contributed by atoms with Gasteiger partial charge in [0.25, 0.3) is 0 Å². The molecule has 18 heavy (non-hydrogen) atoms. The number of aromatic nitrogens is 2. The van der Waals surface area contributed by atoms with E-state index in [2.05, 4.69) is 41.4 Å². The average Bonchev–Trinajstić information content (AvgIpc) is 2.25. The minimum Gasteiger partial charge on any atom is -0.391 e. The Labute approximate surface area is 113 Å². The molecule has 1 aromatic heterocycles. The zero-order valence-electron chi connectivity index (χ0n) is 11.3. The molecule has 0 spiro atoms. The van der Waals surface area contributed by atoms with Gasteiger partial charge in [0.2, 0.25) is 5.95 Å². The van der Waals surface area contributed by atoms with Crippen LogP contribution in [0.1, 0.15) is 27.2 Å². The maximum absolute atomic E-state index is 9.90. The van der Waals surface area contributed by atoms with Gasteiger partial charge in [-0.1, -0.05) is 32.4 Å². The van der Waals surface area contributed by atoms with Crippen LogP contribution in [0.4, 0.5) is 11.8 Å². The Kier molecular flexibility index (Phi) is 5.16. The summed E-state index contributed by atoms with van der Waals surface area (Å²) in [7, 11) is 1.74. The number of hydrogen-bond donors (Lipinski definition) is 3. The minimum atomic E-state index is -0.436. The number of aliphatic hydroxyl groups is 1. The predicted molar refractivity (Wildman–Crippen MR) is 75.2 cm³/mol. The second kappa shape index (κ2) is 6.20. The van der Waals surface area contributed by atoms with E-state index >= 15 is 0 Å². The van der Waals surface area contributed by atoms with Crippen molar-refractivity contribution in [1.82, 2.24) is 9.97 Å². The molecule has 0 amide bonds. The highest BCUT2D eigenvalue weighted by atomic mass is 35.5. The molecule has 1 unspecified atom stereocenters. The second-order valence-corrected chi connectivity index (χ2v) is 5.85. The standard InChI is InChI=1S/C12H21ClN4O/c1-12(2,3)5-8(18)6-15-10-9(13)7-16-11(14-4)17-10/h7-8,18H,5-6H2,1-4H3,(H2,14,15,16,17). The second-order valence-electron chi connectivity index (χ2n) is 5.44. The van der Waals surface area contributed by atoms with Crippen molar-refractivity contribution in [2.24, 2.45) is 5.41 Å². The van der Waals surface area contributed by atoms with Crippen molar-refractivity contribution in [1.29, 1.82) is 0 Å². The zero-order chi connectivity index (χ0) is 13.8. The Bertz CT molecular complexity index is 392. The lowest BCUT2D eigenvalue weighted by Gasteiger charge is -2.22. The lowest BCUT2D eigenvalue weighted by molar-refractivity contribution is 0.132. The fourth-order valence-electron chi connectivity index (χ4n) is 1.61.